The van der Waals surface area contributed by atoms with E-state index in [0.717, 1.165) is 40.6 Å². The number of piperazine rings is 1. The SMILES string of the molecule is Cl.Cl.O=C1CN(Cc2cncn2Cc2ccc(-c3ccc(Cl)cc3)cc2)CCN1c1cccc(Cl)c1. The summed E-state index contributed by atoms with van der Waals surface area (Å²) in [7, 11) is 0. The molecule has 9 heteroatoms. The maximum Gasteiger partial charge on any atom is 0.241 e. The summed E-state index contributed by atoms with van der Waals surface area (Å²) in [6.45, 7) is 3.21. The van der Waals surface area contributed by atoms with E-state index in [1.807, 2.05) is 66.0 Å². The summed E-state index contributed by atoms with van der Waals surface area (Å²) in [5, 5.41) is 1.37. The molecule has 1 fully saturated rings. The highest BCUT2D eigenvalue weighted by molar-refractivity contribution is 6.31. The van der Waals surface area contributed by atoms with Gasteiger partial charge in [-0.15, -0.1) is 24.8 Å². The molecule has 1 aliphatic heterocycles. The Bertz CT molecular complexity index is 1290. The lowest BCUT2D eigenvalue weighted by Crippen LogP contribution is -2.50. The summed E-state index contributed by atoms with van der Waals surface area (Å²) in [6.07, 6.45) is 3.74. The van der Waals surface area contributed by atoms with Crippen molar-refractivity contribution in [2.75, 3.05) is 24.5 Å². The largest absolute Gasteiger partial charge is 0.329 e. The minimum atomic E-state index is 0. The van der Waals surface area contributed by atoms with Crippen molar-refractivity contribution in [3.8, 4) is 11.1 Å². The third-order valence-electron chi connectivity index (χ3n) is 6.09. The number of carbonyl (C=O) groups is 1. The number of aromatic nitrogens is 2. The Morgan fingerprint density at radius 3 is 2.17 bits per heavy atom. The second-order valence-electron chi connectivity index (χ2n) is 8.45. The van der Waals surface area contributed by atoms with Gasteiger partial charge in [0.15, 0.2) is 0 Å². The fraction of sp³-hybridized carbons (Fsp3) is 0.185. The Balaban J connectivity index is 0.00000180. The molecule has 4 aromatic rings. The number of nitrogens with zero attached hydrogens (tertiary/aromatic N) is 4. The quantitative estimate of drug-likeness (QED) is 0.265. The summed E-state index contributed by atoms with van der Waals surface area (Å²) >= 11 is 12.1. The first kappa shape index (κ1) is 28.0. The molecule has 0 unspecified atom stereocenters. The number of hydrogen-bond donors (Lipinski definition) is 0. The van der Waals surface area contributed by atoms with Gasteiger partial charge in [0, 0.05) is 48.1 Å². The number of amides is 1. The highest BCUT2D eigenvalue weighted by Crippen LogP contribution is 2.24. The molecular weight excluding hydrogens is 538 g/mol. The standard InChI is InChI=1S/C27H24Cl2N4O.2ClH/c28-23-10-8-22(9-11-23)21-6-4-20(5-7-21)16-32-19-30-15-26(32)17-31-12-13-33(27(34)18-31)25-3-1-2-24(29)14-25;;/h1-11,14-15,19H,12-13,16-18H2;2*1H. The Hall–Kier alpha value is -2.54. The number of carbonyl (C=O) groups excluding carboxylic acids is 1. The van der Waals surface area contributed by atoms with Gasteiger partial charge >= 0.3 is 0 Å². The van der Waals surface area contributed by atoms with E-state index in [1.54, 1.807) is 0 Å². The van der Waals surface area contributed by atoms with Crippen molar-refractivity contribution in [1.82, 2.24) is 14.5 Å². The molecule has 3 aromatic carbocycles. The third kappa shape index (κ3) is 6.61. The van der Waals surface area contributed by atoms with Crippen molar-refractivity contribution in [2.24, 2.45) is 0 Å². The zero-order chi connectivity index (χ0) is 23.5. The lowest BCUT2D eigenvalue weighted by Gasteiger charge is -2.34. The molecule has 1 saturated heterocycles. The monoisotopic (exact) mass is 562 g/mol. The fourth-order valence-corrected chi connectivity index (χ4v) is 4.58. The summed E-state index contributed by atoms with van der Waals surface area (Å²) in [5.41, 5.74) is 5.43. The molecule has 0 bridgehead atoms. The van der Waals surface area contributed by atoms with Crippen LogP contribution in [-0.2, 0) is 17.9 Å². The molecule has 2 heterocycles. The van der Waals surface area contributed by atoms with Crippen LogP contribution in [0.15, 0.2) is 85.3 Å². The number of benzene rings is 3. The Labute approximate surface area is 233 Å². The van der Waals surface area contributed by atoms with Gasteiger partial charge in [0.05, 0.1) is 18.6 Å². The normalized spacial score (nSPS) is 13.7. The second-order valence-corrected chi connectivity index (χ2v) is 9.33. The molecule has 36 heavy (non-hydrogen) atoms. The van der Waals surface area contributed by atoms with Crippen molar-refractivity contribution in [1.29, 1.82) is 0 Å². The van der Waals surface area contributed by atoms with Crippen molar-refractivity contribution in [3.63, 3.8) is 0 Å². The Kier molecular flexibility index (Phi) is 9.83. The van der Waals surface area contributed by atoms with Gasteiger partial charge in [-0.2, -0.15) is 0 Å². The van der Waals surface area contributed by atoms with E-state index in [0.29, 0.717) is 24.7 Å². The van der Waals surface area contributed by atoms with E-state index < -0.39 is 0 Å². The molecule has 0 saturated carbocycles. The molecule has 1 aromatic heterocycles. The van der Waals surface area contributed by atoms with Crippen LogP contribution in [0, 0.1) is 0 Å². The molecule has 5 rings (SSSR count). The van der Waals surface area contributed by atoms with E-state index in [1.165, 1.54) is 5.56 Å². The van der Waals surface area contributed by atoms with Gasteiger partial charge < -0.3 is 9.47 Å². The van der Waals surface area contributed by atoms with Crippen LogP contribution >= 0.6 is 48.0 Å². The van der Waals surface area contributed by atoms with Gasteiger partial charge in [-0.3, -0.25) is 9.69 Å². The van der Waals surface area contributed by atoms with Crippen molar-refractivity contribution < 1.29 is 4.79 Å². The van der Waals surface area contributed by atoms with E-state index >= 15 is 0 Å². The van der Waals surface area contributed by atoms with Gasteiger partial charge in [0.2, 0.25) is 5.91 Å². The molecule has 5 nitrogen and oxygen atoms in total. The summed E-state index contributed by atoms with van der Waals surface area (Å²) in [6, 6.07) is 23.8. The first-order valence-corrected chi connectivity index (χ1v) is 11.9. The summed E-state index contributed by atoms with van der Waals surface area (Å²) in [5.74, 6) is 0.0809. The van der Waals surface area contributed by atoms with Crippen LogP contribution < -0.4 is 4.90 Å². The molecule has 188 valence electrons. The van der Waals surface area contributed by atoms with Gasteiger partial charge in [0.1, 0.15) is 0 Å². The second kappa shape index (κ2) is 12.6. The first-order valence-electron chi connectivity index (χ1n) is 11.2. The molecular formula is C27H26Cl4N4O. The zero-order valence-corrected chi connectivity index (χ0v) is 22.5. The maximum atomic E-state index is 12.8. The van der Waals surface area contributed by atoms with E-state index in [4.69, 9.17) is 23.2 Å². The molecule has 1 amide bonds. The fourth-order valence-electron chi connectivity index (χ4n) is 4.27. The van der Waals surface area contributed by atoms with Crippen molar-refractivity contribution >= 4 is 59.6 Å². The van der Waals surface area contributed by atoms with E-state index in [-0.39, 0.29) is 30.7 Å². The van der Waals surface area contributed by atoms with Crippen molar-refractivity contribution in [2.45, 2.75) is 13.1 Å². The van der Waals surface area contributed by atoms with Crippen LogP contribution in [0.4, 0.5) is 5.69 Å². The molecule has 0 aliphatic carbocycles. The number of imidazole rings is 1. The third-order valence-corrected chi connectivity index (χ3v) is 6.58. The minimum Gasteiger partial charge on any atom is -0.329 e. The van der Waals surface area contributed by atoms with Gasteiger partial charge in [-0.05, 0) is 47.0 Å². The number of halogens is 4. The topological polar surface area (TPSA) is 41.4 Å². The summed E-state index contributed by atoms with van der Waals surface area (Å²) in [4.78, 5) is 21.1. The van der Waals surface area contributed by atoms with Gasteiger partial charge in [0.25, 0.3) is 0 Å². The molecule has 0 spiro atoms. The van der Waals surface area contributed by atoms with Crippen LogP contribution in [0.3, 0.4) is 0 Å². The molecule has 0 N–H and O–H groups in total. The first-order chi connectivity index (χ1) is 16.5. The van der Waals surface area contributed by atoms with Gasteiger partial charge in [-0.25, -0.2) is 4.98 Å². The average Bonchev–Trinajstić information content (AvgIpc) is 3.26. The van der Waals surface area contributed by atoms with Crippen LogP contribution in [0.2, 0.25) is 10.0 Å². The average molecular weight is 564 g/mol. The van der Waals surface area contributed by atoms with E-state index in [2.05, 4.69) is 38.7 Å². The molecule has 0 radical (unpaired) electrons. The van der Waals surface area contributed by atoms with Gasteiger partial charge in [-0.1, -0.05) is 65.7 Å². The Morgan fingerprint density at radius 2 is 1.50 bits per heavy atom. The van der Waals surface area contributed by atoms with E-state index in [9.17, 15) is 4.79 Å². The highest BCUT2D eigenvalue weighted by Gasteiger charge is 2.25. The van der Waals surface area contributed by atoms with Crippen LogP contribution in [-0.4, -0.2) is 40.0 Å². The lowest BCUT2D eigenvalue weighted by atomic mass is 10.0. The number of anilines is 1. The van der Waals surface area contributed by atoms with Crippen LogP contribution in [0.25, 0.3) is 11.1 Å². The summed E-state index contributed by atoms with van der Waals surface area (Å²) < 4.78 is 2.14. The molecule has 1 aliphatic rings. The van der Waals surface area contributed by atoms with Crippen molar-refractivity contribution in [3.05, 3.63) is 107 Å². The predicted octanol–water partition coefficient (Wildman–Crippen LogP) is 6.60. The zero-order valence-electron chi connectivity index (χ0n) is 19.4. The number of hydrogen-bond acceptors (Lipinski definition) is 3. The molecule has 0 atom stereocenters. The lowest BCUT2D eigenvalue weighted by molar-refractivity contribution is -0.121. The number of rotatable bonds is 6. The maximum absolute atomic E-state index is 12.8. The highest BCUT2D eigenvalue weighted by atomic mass is 35.5. The van der Waals surface area contributed by atoms with Crippen LogP contribution in [0.5, 0.6) is 0 Å². The predicted molar refractivity (Wildman–Crippen MR) is 152 cm³/mol. The smallest absolute Gasteiger partial charge is 0.241 e. The Morgan fingerprint density at radius 1 is 0.806 bits per heavy atom. The minimum absolute atomic E-state index is 0. The van der Waals surface area contributed by atoms with Crippen LogP contribution in [0.1, 0.15) is 11.3 Å².